The van der Waals surface area contributed by atoms with Crippen molar-refractivity contribution in [2.45, 2.75) is 12.3 Å². The van der Waals surface area contributed by atoms with Crippen molar-refractivity contribution in [1.29, 1.82) is 0 Å². The van der Waals surface area contributed by atoms with Crippen LogP contribution in [0.15, 0.2) is 24.0 Å². The second-order valence-corrected chi connectivity index (χ2v) is 2.19. The Morgan fingerprint density at radius 2 is 2.50 bits per heavy atom. The van der Waals surface area contributed by atoms with Gasteiger partial charge in [-0.25, -0.2) is 4.39 Å². The van der Waals surface area contributed by atoms with Gasteiger partial charge in [-0.3, -0.25) is 0 Å². The molecule has 0 aromatic carbocycles. The van der Waals surface area contributed by atoms with Crippen molar-refractivity contribution in [3.63, 3.8) is 0 Å². The number of alkyl halides is 1. The Morgan fingerprint density at radius 3 is 2.90 bits per heavy atom. The molecule has 1 aliphatic rings. The second kappa shape index (κ2) is 2.60. The topological polar surface area (TPSA) is 29.5 Å². The quantitative estimate of drug-likeness (QED) is 0.639. The minimum atomic E-state index is -2.24. The van der Waals surface area contributed by atoms with Crippen LogP contribution in [0, 0.1) is 0 Å². The first-order chi connectivity index (χ1) is 4.64. The lowest BCUT2D eigenvalue weighted by Crippen LogP contribution is -2.19. The van der Waals surface area contributed by atoms with Gasteiger partial charge in [0, 0.05) is 6.42 Å². The zero-order valence-electron chi connectivity index (χ0n) is 5.05. The van der Waals surface area contributed by atoms with Crippen LogP contribution in [0.1, 0.15) is 6.42 Å². The molecule has 10 heavy (non-hydrogen) atoms. The summed E-state index contributed by atoms with van der Waals surface area (Å²) < 4.78 is 16.8. The maximum absolute atomic E-state index is 12.5. The van der Waals surface area contributed by atoms with E-state index in [1.807, 2.05) is 0 Å². The highest BCUT2D eigenvalue weighted by atomic mass is 35.5. The number of allylic oxidation sites excluding steroid dienone is 1. The summed E-state index contributed by atoms with van der Waals surface area (Å²) in [5.41, 5.74) is 0. The second-order valence-electron chi connectivity index (χ2n) is 2.04. The van der Waals surface area contributed by atoms with E-state index in [2.05, 4.69) is 4.29 Å². The van der Waals surface area contributed by atoms with E-state index in [0.29, 0.717) is 5.76 Å². The fourth-order valence-electron chi connectivity index (χ4n) is 0.647. The summed E-state index contributed by atoms with van der Waals surface area (Å²) in [6.07, 6.45) is 3.51. The molecule has 1 rings (SSSR count). The molecule has 0 aromatic rings. The van der Waals surface area contributed by atoms with Crippen molar-refractivity contribution in [1.82, 2.24) is 0 Å². The van der Waals surface area contributed by atoms with E-state index in [4.69, 9.17) is 17.0 Å². The van der Waals surface area contributed by atoms with E-state index in [0.717, 1.165) is 6.08 Å². The average molecular weight is 165 g/mol. The van der Waals surface area contributed by atoms with Crippen LogP contribution in [0.5, 0.6) is 0 Å². The van der Waals surface area contributed by atoms with Gasteiger partial charge in [-0.15, -0.1) is 0 Å². The Balaban J connectivity index is 2.63. The first-order valence-corrected chi connectivity index (χ1v) is 3.04. The minimum absolute atomic E-state index is 0.119. The summed E-state index contributed by atoms with van der Waals surface area (Å²) in [6.45, 7) is 0. The molecule has 1 unspecified atom stereocenters. The molecule has 1 atom stereocenters. The molecular formula is C6H6ClFO2. The predicted octanol–water partition coefficient (Wildman–Crippen LogP) is 1.66. The molecule has 0 amide bonds. The van der Waals surface area contributed by atoms with Gasteiger partial charge in [0.05, 0.1) is 0 Å². The summed E-state index contributed by atoms with van der Waals surface area (Å²) in [6, 6.07) is 0. The summed E-state index contributed by atoms with van der Waals surface area (Å²) >= 11 is 4.95. The van der Waals surface area contributed by atoms with Crippen LogP contribution in [0.4, 0.5) is 4.39 Å². The first-order valence-electron chi connectivity index (χ1n) is 2.73. The van der Waals surface area contributed by atoms with Gasteiger partial charge in [0.25, 0.3) is 0 Å². The Labute approximate surface area is 62.7 Å². The lowest BCUT2D eigenvalue weighted by atomic mass is 10.1. The maximum atomic E-state index is 12.5. The zero-order chi connectivity index (χ0) is 7.61. The molecule has 0 spiro atoms. The molecular weight excluding hydrogens is 159 g/mol. The highest BCUT2D eigenvalue weighted by Crippen LogP contribution is 2.22. The smallest absolute Gasteiger partial charge is 0.230 e. The van der Waals surface area contributed by atoms with Crippen LogP contribution in [0.2, 0.25) is 0 Å². The van der Waals surface area contributed by atoms with Gasteiger partial charge in [-0.1, -0.05) is 0 Å². The van der Waals surface area contributed by atoms with E-state index in [1.165, 1.54) is 12.2 Å². The van der Waals surface area contributed by atoms with Crippen molar-refractivity contribution in [3.8, 4) is 0 Å². The van der Waals surface area contributed by atoms with Gasteiger partial charge >= 0.3 is 0 Å². The van der Waals surface area contributed by atoms with E-state index >= 15 is 0 Å². The van der Waals surface area contributed by atoms with E-state index in [1.54, 1.807) is 0 Å². The number of aliphatic hydroxyl groups is 1. The van der Waals surface area contributed by atoms with Crippen LogP contribution >= 0.6 is 11.9 Å². The Hall–Kier alpha value is -0.540. The molecule has 0 bridgehead atoms. The zero-order valence-corrected chi connectivity index (χ0v) is 5.81. The van der Waals surface area contributed by atoms with Crippen molar-refractivity contribution in [2.75, 3.05) is 0 Å². The minimum Gasteiger partial charge on any atom is -0.386 e. The van der Waals surface area contributed by atoms with Crippen LogP contribution in [-0.4, -0.2) is 11.0 Å². The average Bonchev–Trinajstić information content (AvgIpc) is 1.88. The van der Waals surface area contributed by atoms with Crippen LogP contribution in [0.3, 0.4) is 0 Å². The van der Waals surface area contributed by atoms with Crippen molar-refractivity contribution < 1.29 is 13.8 Å². The van der Waals surface area contributed by atoms with Crippen LogP contribution in [-0.2, 0) is 4.29 Å². The normalized spacial score (nSPS) is 31.7. The van der Waals surface area contributed by atoms with E-state index in [-0.39, 0.29) is 6.42 Å². The SMILES string of the molecule is OC1(F)C=CC(OCl)=CC1. The number of hydrogen-bond acceptors (Lipinski definition) is 2. The fraction of sp³-hybridized carbons (Fsp3) is 0.333. The van der Waals surface area contributed by atoms with Gasteiger partial charge in [0.15, 0.2) is 0 Å². The molecule has 0 saturated carbocycles. The molecule has 0 heterocycles. The molecule has 2 nitrogen and oxygen atoms in total. The molecule has 0 radical (unpaired) electrons. The van der Waals surface area contributed by atoms with Gasteiger partial charge in [0.2, 0.25) is 5.85 Å². The molecule has 0 saturated heterocycles. The van der Waals surface area contributed by atoms with Gasteiger partial charge in [0.1, 0.15) is 17.6 Å². The standard InChI is InChI=1S/C6H6ClFO2/c7-10-5-1-3-6(8,9)4-2-5/h1-3,9H,4H2. The molecule has 1 aliphatic carbocycles. The van der Waals surface area contributed by atoms with Gasteiger partial charge in [-0.2, -0.15) is 0 Å². The molecule has 56 valence electrons. The third-order valence-corrected chi connectivity index (χ3v) is 1.36. The summed E-state index contributed by atoms with van der Waals surface area (Å²) in [7, 11) is 0. The first kappa shape index (κ1) is 7.57. The van der Waals surface area contributed by atoms with Crippen molar-refractivity contribution in [3.05, 3.63) is 24.0 Å². The van der Waals surface area contributed by atoms with Gasteiger partial charge in [-0.05, 0) is 18.2 Å². The van der Waals surface area contributed by atoms with E-state index in [9.17, 15) is 4.39 Å². The molecule has 1 N–H and O–H groups in total. The highest BCUT2D eigenvalue weighted by Gasteiger charge is 2.23. The largest absolute Gasteiger partial charge is 0.386 e. The maximum Gasteiger partial charge on any atom is 0.230 e. The summed E-state index contributed by atoms with van der Waals surface area (Å²) in [5, 5.41) is 8.69. The van der Waals surface area contributed by atoms with E-state index < -0.39 is 5.85 Å². The lowest BCUT2D eigenvalue weighted by molar-refractivity contribution is -0.0396. The third kappa shape index (κ3) is 1.72. The van der Waals surface area contributed by atoms with Crippen molar-refractivity contribution >= 4 is 11.9 Å². The fourth-order valence-corrected chi connectivity index (χ4v) is 0.761. The monoisotopic (exact) mass is 164 g/mol. The molecule has 0 fully saturated rings. The van der Waals surface area contributed by atoms with Crippen LogP contribution < -0.4 is 0 Å². The highest BCUT2D eigenvalue weighted by molar-refractivity contribution is 6.08. The number of halogens is 2. The summed E-state index contributed by atoms with van der Waals surface area (Å²) in [4.78, 5) is 0. The Morgan fingerprint density at radius 1 is 1.80 bits per heavy atom. The number of rotatable bonds is 1. The van der Waals surface area contributed by atoms with Crippen molar-refractivity contribution in [2.24, 2.45) is 0 Å². The Kier molecular flexibility index (Phi) is 1.97. The third-order valence-electron chi connectivity index (χ3n) is 1.18. The Bertz CT molecular complexity index is 186. The number of hydrogen-bond donors (Lipinski definition) is 1. The predicted molar refractivity (Wildman–Crippen MR) is 34.8 cm³/mol. The summed E-state index contributed by atoms with van der Waals surface area (Å²) in [5.74, 6) is -1.89. The molecule has 0 aromatic heterocycles. The van der Waals surface area contributed by atoms with Crippen LogP contribution in [0.25, 0.3) is 0 Å². The molecule has 4 heteroatoms. The molecule has 0 aliphatic heterocycles. The van der Waals surface area contributed by atoms with Gasteiger partial charge < -0.3 is 9.40 Å². The lowest BCUT2D eigenvalue weighted by Gasteiger charge is -2.15.